The van der Waals surface area contributed by atoms with Crippen molar-refractivity contribution in [2.24, 2.45) is 0 Å². The van der Waals surface area contributed by atoms with Gasteiger partial charge >= 0.3 is 0 Å². The number of nitrogens with one attached hydrogen (secondary N) is 1. The highest BCUT2D eigenvalue weighted by Crippen LogP contribution is 2.24. The maximum Gasteiger partial charge on any atom is 0.221 e. The van der Waals surface area contributed by atoms with Crippen LogP contribution in [0.3, 0.4) is 0 Å². The number of benzene rings is 1. The minimum atomic E-state index is -3.28. The molecule has 6 heteroatoms. The Kier molecular flexibility index (Phi) is 6.80. The Morgan fingerprint density at radius 3 is 2.38 bits per heavy atom. The van der Waals surface area contributed by atoms with Gasteiger partial charge in [0.05, 0.1) is 6.26 Å². The summed E-state index contributed by atoms with van der Waals surface area (Å²) in [4.78, 5) is 12.1. The van der Waals surface area contributed by atoms with Gasteiger partial charge in [-0.15, -0.1) is 0 Å². The van der Waals surface area contributed by atoms with Crippen LogP contribution in [0.2, 0.25) is 0 Å². The van der Waals surface area contributed by atoms with Gasteiger partial charge in [0, 0.05) is 25.6 Å². The van der Waals surface area contributed by atoms with Crippen molar-refractivity contribution in [1.82, 2.24) is 9.62 Å². The van der Waals surface area contributed by atoms with Crippen molar-refractivity contribution in [3.63, 3.8) is 0 Å². The molecule has 1 aromatic carbocycles. The predicted octanol–water partition coefficient (Wildman–Crippen LogP) is 2.60. The number of amides is 1. The smallest absolute Gasteiger partial charge is 0.221 e. The fraction of sp³-hybridized carbons (Fsp3) is 0.611. The number of nitrogens with zero attached hydrogens (tertiary/aromatic N) is 1. The highest BCUT2D eigenvalue weighted by atomic mass is 32.2. The lowest BCUT2D eigenvalue weighted by Gasteiger charge is -2.32. The molecule has 1 aliphatic rings. The van der Waals surface area contributed by atoms with E-state index < -0.39 is 10.0 Å². The van der Waals surface area contributed by atoms with E-state index in [0.29, 0.717) is 6.54 Å². The molecule has 5 nitrogen and oxygen atoms in total. The average molecular weight is 352 g/mol. The zero-order chi connectivity index (χ0) is 17.6. The molecule has 134 valence electrons. The molecule has 2 rings (SSSR count). The number of hydrogen-bond donors (Lipinski definition) is 1. The fourth-order valence-electron chi connectivity index (χ4n) is 3.19. The lowest BCUT2D eigenvalue weighted by Crippen LogP contribution is -2.42. The summed E-state index contributed by atoms with van der Waals surface area (Å²) in [5.41, 5.74) is 2.22. The van der Waals surface area contributed by atoms with Gasteiger partial charge < -0.3 is 5.32 Å². The van der Waals surface area contributed by atoms with Gasteiger partial charge in [0.15, 0.2) is 0 Å². The minimum absolute atomic E-state index is 0.0543. The first kappa shape index (κ1) is 18.9. The molecule has 0 aromatic heterocycles. The number of carbonyl (C=O) groups excluding carboxylic acids is 1. The predicted molar refractivity (Wildman–Crippen MR) is 96.1 cm³/mol. The molecular weight excluding hydrogens is 324 g/mol. The Balaban J connectivity index is 1.84. The van der Waals surface area contributed by atoms with Crippen molar-refractivity contribution in [2.45, 2.75) is 58.0 Å². The summed E-state index contributed by atoms with van der Waals surface area (Å²) in [6, 6.07) is 8.05. The molecule has 0 atom stereocenters. The lowest BCUT2D eigenvalue weighted by molar-refractivity contribution is -0.121. The number of hydrogen-bond acceptors (Lipinski definition) is 3. The third-order valence-electron chi connectivity index (χ3n) is 4.58. The second kappa shape index (κ2) is 8.62. The third-order valence-corrected chi connectivity index (χ3v) is 5.91. The summed E-state index contributed by atoms with van der Waals surface area (Å²) < 4.78 is 25.6. The molecule has 1 aromatic rings. The molecule has 0 saturated heterocycles. The monoisotopic (exact) mass is 352 g/mol. The normalized spacial score (nSPS) is 16.3. The van der Waals surface area contributed by atoms with E-state index in [4.69, 9.17) is 0 Å². The van der Waals surface area contributed by atoms with Crippen LogP contribution in [0.5, 0.6) is 0 Å². The maximum atomic E-state index is 12.1. The van der Waals surface area contributed by atoms with E-state index in [1.165, 1.54) is 22.5 Å². The van der Waals surface area contributed by atoms with Gasteiger partial charge in [-0.25, -0.2) is 8.42 Å². The Bertz CT molecular complexity index is 635. The first-order valence-electron chi connectivity index (χ1n) is 8.65. The summed E-state index contributed by atoms with van der Waals surface area (Å²) in [6.45, 7) is 2.76. The quantitative estimate of drug-likeness (QED) is 0.820. The Morgan fingerprint density at radius 2 is 1.79 bits per heavy atom. The van der Waals surface area contributed by atoms with E-state index in [9.17, 15) is 13.2 Å². The molecule has 0 radical (unpaired) electrons. The van der Waals surface area contributed by atoms with E-state index in [1.54, 1.807) is 0 Å². The van der Waals surface area contributed by atoms with Gasteiger partial charge in [0.25, 0.3) is 0 Å². The van der Waals surface area contributed by atoms with Gasteiger partial charge in [-0.1, -0.05) is 49.1 Å². The van der Waals surface area contributed by atoms with E-state index >= 15 is 0 Å². The number of aryl methyl sites for hydroxylation is 1. The van der Waals surface area contributed by atoms with Crippen molar-refractivity contribution >= 4 is 15.9 Å². The number of sulfonamides is 1. The molecule has 1 saturated carbocycles. The molecule has 1 amide bonds. The molecule has 1 N–H and O–H groups in total. The first-order valence-corrected chi connectivity index (χ1v) is 10.5. The molecule has 0 bridgehead atoms. The van der Waals surface area contributed by atoms with E-state index in [2.05, 4.69) is 5.32 Å². The van der Waals surface area contributed by atoms with Crippen LogP contribution in [-0.2, 0) is 21.4 Å². The van der Waals surface area contributed by atoms with Crippen LogP contribution in [0.1, 0.15) is 49.7 Å². The summed E-state index contributed by atoms with van der Waals surface area (Å²) in [7, 11) is -3.28. The molecule has 0 unspecified atom stereocenters. The average Bonchev–Trinajstić information content (AvgIpc) is 2.54. The molecule has 0 aliphatic heterocycles. The zero-order valence-corrected chi connectivity index (χ0v) is 15.4. The highest BCUT2D eigenvalue weighted by molar-refractivity contribution is 7.88. The Labute approximate surface area is 145 Å². The molecule has 0 spiro atoms. The van der Waals surface area contributed by atoms with Crippen LogP contribution >= 0.6 is 0 Å². The van der Waals surface area contributed by atoms with Crippen LogP contribution < -0.4 is 5.32 Å². The van der Waals surface area contributed by atoms with Crippen molar-refractivity contribution in [1.29, 1.82) is 0 Å². The van der Waals surface area contributed by atoms with Crippen LogP contribution in [0.15, 0.2) is 24.3 Å². The fourth-order valence-corrected chi connectivity index (χ4v) is 4.37. The van der Waals surface area contributed by atoms with Crippen molar-refractivity contribution < 1.29 is 13.2 Å². The van der Waals surface area contributed by atoms with Gasteiger partial charge in [-0.3, -0.25) is 4.79 Å². The molecule has 0 heterocycles. The Hall–Kier alpha value is -1.40. The van der Waals surface area contributed by atoms with Gasteiger partial charge in [-0.2, -0.15) is 4.31 Å². The Morgan fingerprint density at radius 1 is 1.17 bits per heavy atom. The van der Waals surface area contributed by atoms with Gasteiger partial charge in [-0.05, 0) is 25.3 Å². The van der Waals surface area contributed by atoms with Crippen LogP contribution in [0.4, 0.5) is 0 Å². The van der Waals surface area contributed by atoms with Crippen LogP contribution in [0, 0.1) is 6.92 Å². The van der Waals surface area contributed by atoms with E-state index in [-0.39, 0.29) is 24.9 Å². The molecule has 1 aliphatic carbocycles. The van der Waals surface area contributed by atoms with E-state index in [0.717, 1.165) is 31.2 Å². The van der Waals surface area contributed by atoms with Crippen LogP contribution in [0.25, 0.3) is 0 Å². The van der Waals surface area contributed by atoms with Gasteiger partial charge in [0.2, 0.25) is 15.9 Å². The first-order chi connectivity index (χ1) is 11.4. The number of carbonyl (C=O) groups is 1. The topological polar surface area (TPSA) is 66.5 Å². The third kappa shape index (κ3) is 5.91. The number of rotatable bonds is 7. The molecular formula is C18H28N2O3S. The SMILES string of the molecule is Cc1ccc(CNC(=O)CCN(C2CCCCC2)S(C)(=O)=O)cc1. The zero-order valence-electron chi connectivity index (χ0n) is 14.6. The van der Waals surface area contributed by atoms with Crippen LogP contribution in [-0.4, -0.2) is 37.5 Å². The van der Waals surface area contributed by atoms with Gasteiger partial charge in [0.1, 0.15) is 0 Å². The van der Waals surface area contributed by atoms with Crippen molar-refractivity contribution in [3.05, 3.63) is 35.4 Å². The standard InChI is InChI=1S/C18H28N2O3S/c1-15-8-10-16(11-9-15)14-19-18(21)12-13-20(24(2,22)23)17-6-4-3-5-7-17/h8-11,17H,3-7,12-14H2,1-2H3,(H,19,21). The minimum Gasteiger partial charge on any atom is -0.352 e. The lowest BCUT2D eigenvalue weighted by atomic mass is 9.95. The maximum absolute atomic E-state index is 12.1. The second-order valence-corrected chi connectivity index (χ2v) is 8.61. The summed E-state index contributed by atoms with van der Waals surface area (Å²) in [5.74, 6) is -0.111. The van der Waals surface area contributed by atoms with Crippen molar-refractivity contribution in [2.75, 3.05) is 12.8 Å². The summed E-state index contributed by atoms with van der Waals surface area (Å²) in [6.07, 6.45) is 6.55. The summed E-state index contributed by atoms with van der Waals surface area (Å²) >= 11 is 0. The highest BCUT2D eigenvalue weighted by Gasteiger charge is 2.28. The molecule has 24 heavy (non-hydrogen) atoms. The largest absolute Gasteiger partial charge is 0.352 e. The molecule has 1 fully saturated rings. The van der Waals surface area contributed by atoms with Crippen molar-refractivity contribution in [3.8, 4) is 0 Å². The summed E-state index contributed by atoms with van der Waals surface area (Å²) in [5, 5.41) is 2.87. The van der Waals surface area contributed by atoms with E-state index in [1.807, 2.05) is 31.2 Å². The second-order valence-electron chi connectivity index (χ2n) is 6.68.